The fourth-order valence-electron chi connectivity index (χ4n) is 0.964. The van der Waals surface area contributed by atoms with Crippen LogP contribution in [0.3, 0.4) is 0 Å². The molecule has 0 atom stereocenters. The van der Waals surface area contributed by atoms with Gasteiger partial charge >= 0.3 is 0 Å². The van der Waals surface area contributed by atoms with Gasteiger partial charge in [0.25, 0.3) is 0 Å². The molecule has 0 bridgehead atoms. The van der Waals surface area contributed by atoms with Crippen molar-refractivity contribution >= 4 is 5.57 Å². The highest BCUT2D eigenvalue weighted by molar-refractivity contribution is 5.62. The van der Waals surface area contributed by atoms with Crippen LogP contribution in [0.25, 0.3) is 5.57 Å². The topological polar surface area (TPSA) is 24.9 Å². The minimum absolute atomic E-state index is 1.03. The Labute approximate surface area is 73.3 Å². The van der Waals surface area contributed by atoms with Crippen molar-refractivity contribution in [2.45, 2.75) is 13.8 Å². The molecule has 1 N–H and O–H groups in total. The molecule has 0 aromatic carbocycles. The number of allylic oxidation sites excluding steroid dienone is 2. The van der Waals surface area contributed by atoms with Gasteiger partial charge in [0.1, 0.15) is 0 Å². The van der Waals surface area contributed by atoms with E-state index in [2.05, 4.69) is 17.2 Å². The average Bonchev–Trinajstić information content (AvgIpc) is 2.17. The molecule has 0 fully saturated rings. The molecule has 0 spiro atoms. The zero-order chi connectivity index (χ0) is 8.97. The van der Waals surface area contributed by atoms with Gasteiger partial charge in [-0.1, -0.05) is 6.07 Å². The Bertz CT molecular complexity index is 275. The molecular formula is C10H14N2. The standard InChI is InChI=1S/C10H14N2/c1-8(9(2)11-3)10-6-4-5-7-12-10/h4-7,11H,1-3H3/b9-8+. The molecule has 0 saturated carbocycles. The van der Waals surface area contributed by atoms with E-state index in [1.807, 2.05) is 38.4 Å². The molecule has 1 aromatic heterocycles. The molecule has 12 heavy (non-hydrogen) atoms. The lowest BCUT2D eigenvalue weighted by molar-refractivity contribution is 0.987. The lowest BCUT2D eigenvalue weighted by Crippen LogP contribution is -2.04. The van der Waals surface area contributed by atoms with Crippen LogP contribution < -0.4 is 5.32 Å². The lowest BCUT2D eigenvalue weighted by Gasteiger charge is -2.05. The molecule has 0 saturated heterocycles. The summed E-state index contributed by atoms with van der Waals surface area (Å²) < 4.78 is 0. The fourth-order valence-corrected chi connectivity index (χ4v) is 0.964. The first-order valence-corrected chi connectivity index (χ1v) is 4.02. The van der Waals surface area contributed by atoms with Gasteiger partial charge in [-0.3, -0.25) is 4.98 Å². The fraction of sp³-hybridized carbons (Fsp3) is 0.300. The molecule has 1 heterocycles. The Morgan fingerprint density at radius 3 is 2.58 bits per heavy atom. The predicted molar refractivity (Wildman–Crippen MR) is 51.6 cm³/mol. The molecule has 0 unspecified atom stereocenters. The summed E-state index contributed by atoms with van der Waals surface area (Å²) in [6, 6.07) is 5.93. The second-order valence-electron chi connectivity index (χ2n) is 2.71. The van der Waals surface area contributed by atoms with Crippen molar-refractivity contribution in [3.63, 3.8) is 0 Å². The smallest absolute Gasteiger partial charge is 0.0675 e. The maximum absolute atomic E-state index is 4.25. The second kappa shape index (κ2) is 3.90. The van der Waals surface area contributed by atoms with Crippen molar-refractivity contribution in [2.75, 3.05) is 7.05 Å². The molecule has 0 radical (unpaired) electrons. The van der Waals surface area contributed by atoms with Gasteiger partial charge in [-0.25, -0.2) is 0 Å². The Morgan fingerprint density at radius 1 is 1.33 bits per heavy atom. The lowest BCUT2D eigenvalue weighted by atomic mass is 10.1. The number of nitrogens with one attached hydrogen (secondary N) is 1. The van der Waals surface area contributed by atoms with Gasteiger partial charge in [-0.15, -0.1) is 0 Å². The summed E-state index contributed by atoms with van der Waals surface area (Å²) in [7, 11) is 1.92. The quantitative estimate of drug-likeness (QED) is 0.720. The Hall–Kier alpha value is -1.31. The van der Waals surface area contributed by atoms with Crippen molar-refractivity contribution in [1.29, 1.82) is 0 Å². The maximum atomic E-state index is 4.25. The highest BCUT2D eigenvalue weighted by Gasteiger charge is 1.98. The van der Waals surface area contributed by atoms with E-state index in [0.717, 1.165) is 11.4 Å². The first-order valence-electron chi connectivity index (χ1n) is 4.02. The van der Waals surface area contributed by atoms with E-state index in [-0.39, 0.29) is 0 Å². The Morgan fingerprint density at radius 2 is 2.08 bits per heavy atom. The van der Waals surface area contributed by atoms with Crippen LogP contribution in [0.5, 0.6) is 0 Å². The molecule has 2 nitrogen and oxygen atoms in total. The largest absolute Gasteiger partial charge is 0.391 e. The van der Waals surface area contributed by atoms with Gasteiger partial charge in [0.05, 0.1) is 5.69 Å². The average molecular weight is 162 g/mol. The summed E-state index contributed by atoms with van der Waals surface area (Å²) in [5.41, 5.74) is 3.39. The van der Waals surface area contributed by atoms with E-state index in [9.17, 15) is 0 Å². The molecule has 1 rings (SSSR count). The summed E-state index contributed by atoms with van der Waals surface area (Å²) in [5.74, 6) is 0. The Kier molecular flexibility index (Phi) is 2.86. The first-order chi connectivity index (χ1) is 5.75. The summed E-state index contributed by atoms with van der Waals surface area (Å²) in [6.45, 7) is 4.11. The molecule has 1 aromatic rings. The SMILES string of the molecule is CN/C(C)=C(\C)c1ccccn1. The third kappa shape index (κ3) is 1.84. The van der Waals surface area contributed by atoms with Crippen molar-refractivity contribution in [1.82, 2.24) is 10.3 Å². The zero-order valence-electron chi connectivity index (χ0n) is 7.76. The van der Waals surface area contributed by atoms with Crippen LogP contribution in [0.1, 0.15) is 19.5 Å². The van der Waals surface area contributed by atoms with Gasteiger partial charge in [-0.2, -0.15) is 0 Å². The number of hydrogen-bond donors (Lipinski definition) is 1. The van der Waals surface area contributed by atoms with E-state index in [1.54, 1.807) is 0 Å². The summed E-state index contributed by atoms with van der Waals surface area (Å²) >= 11 is 0. The van der Waals surface area contributed by atoms with Crippen LogP contribution in [0.2, 0.25) is 0 Å². The molecule has 64 valence electrons. The zero-order valence-corrected chi connectivity index (χ0v) is 7.76. The molecular weight excluding hydrogens is 148 g/mol. The van der Waals surface area contributed by atoms with Crippen LogP contribution in [-0.4, -0.2) is 12.0 Å². The number of pyridine rings is 1. The highest BCUT2D eigenvalue weighted by atomic mass is 14.8. The van der Waals surface area contributed by atoms with Gasteiger partial charge in [0.2, 0.25) is 0 Å². The highest BCUT2D eigenvalue weighted by Crippen LogP contribution is 2.12. The minimum atomic E-state index is 1.03. The van der Waals surface area contributed by atoms with Crippen molar-refractivity contribution in [3.05, 3.63) is 35.8 Å². The Balaban J connectivity index is 3.00. The van der Waals surface area contributed by atoms with Crippen molar-refractivity contribution < 1.29 is 0 Å². The van der Waals surface area contributed by atoms with Gasteiger partial charge < -0.3 is 5.32 Å². The normalized spacial score (nSPS) is 12.2. The molecule has 2 heteroatoms. The number of aromatic nitrogens is 1. The van der Waals surface area contributed by atoms with E-state index in [1.165, 1.54) is 5.57 Å². The molecule has 0 aliphatic rings. The van der Waals surface area contributed by atoms with Gasteiger partial charge in [0.15, 0.2) is 0 Å². The van der Waals surface area contributed by atoms with E-state index in [0.29, 0.717) is 0 Å². The predicted octanol–water partition coefficient (Wildman–Crippen LogP) is 2.05. The van der Waals surface area contributed by atoms with Crippen LogP contribution in [0, 0.1) is 0 Å². The minimum Gasteiger partial charge on any atom is -0.391 e. The monoisotopic (exact) mass is 162 g/mol. The molecule has 0 amide bonds. The third-order valence-corrected chi connectivity index (χ3v) is 1.99. The van der Waals surface area contributed by atoms with E-state index in [4.69, 9.17) is 0 Å². The van der Waals surface area contributed by atoms with E-state index < -0.39 is 0 Å². The second-order valence-corrected chi connectivity index (χ2v) is 2.71. The summed E-state index contributed by atoms with van der Waals surface area (Å²) in [5, 5.41) is 3.10. The summed E-state index contributed by atoms with van der Waals surface area (Å²) in [4.78, 5) is 4.25. The van der Waals surface area contributed by atoms with Crippen LogP contribution in [0.4, 0.5) is 0 Å². The van der Waals surface area contributed by atoms with Crippen LogP contribution in [-0.2, 0) is 0 Å². The summed E-state index contributed by atoms with van der Waals surface area (Å²) in [6.07, 6.45) is 1.81. The van der Waals surface area contributed by atoms with Gasteiger partial charge in [-0.05, 0) is 31.6 Å². The number of rotatable bonds is 2. The third-order valence-electron chi connectivity index (χ3n) is 1.99. The molecule has 0 aliphatic heterocycles. The number of nitrogens with zero attached hydrogens (tertiary/aromatic N) is 1. The maximum Gasteiger partial charge on any atom is 0.0675 e. The van der Waals surface area contributed by atoms with Crippen LogP contribution in [0.15, 0.2) is 30.1 Å². The van der Waals surface area contributed by atoms with Crippen molar-refractivity contribution in [2.24, 2.45) is 0 Å². The van der Waals surface area contributed by atoms with Crippen LogP contribution >= 0.6 is 0 Å². The van der Waals surface area contributed by atoms with Crippen molar-refractivity contribution in [3.8, 4) is 0 Å². The van der Waals surface area contributed by atoms with E-state index >= 15 is 0 Å². The molecule has 0 aliphatic carbocycles. The first kappa shape index (κ1) is 8.78. The number of hydrogen-bond acceptors (Lipinski definition) is 2. The van der Waals surface area contributed by atoms with Gasteiger partial charge in [0, 0.05) is 18.9 Å².